The molecule has 0 saturated carbocycles. The van der Waals surface area contributed by atoms with Crippen LogP contribution in [0.1, 0.15) is 56.7 Å². The fourth-order valence-electron chi connectivity index (χ4n) is 3.63. The van der Waals surface area contributed by atoms with E-state index >= 15 is 0 Å². The molecule has 1 aromatic rings. The number of rotatable bonds is 2. The second-order valence-electron chi connectivity index (χ2n) is 7.30. The zero-order valence-electron chi connectivity index (χ0n) is 13.9. The van der Waals surface area contributed by atoms with E-state index in [9.17, 15) is 4.79 Å². The van der Waals surface area contributed by atoms with Crippen LogP contribution in [0, 0.1) is 0 Å². The standard InChI is InChI=1S/C18H26N2O2.ClH/c1-17(2)8-7-15(13-5-3-4-6-14(13)17)20-16(21)18(19)9-11-22-12-10-18;/h3-6,15H,7-12,19H2,1-2H3,(H,20,21);1H. The van der Waals surface area contributed by atoms with Crippen LogP contribution in [0.3, 0.4) is 0 Å². The van der Waals surface area contributed by atoms with Crippen LogP contribution >= 0.6 is 12.4 Å². The molecule has 0 aromatic heterocycles. The zero-order chi connectivity index (χ0) is 15.8. The van der Waals surface area contributed by atoms with E-state index in [2.05, 4.69) is 37.4 Å². The average Bonchev–Trinajstić information content (AvgIpc) is 2.51. The van der Waals surface area contributed by atoms with E-state index in [-0.39, 0.29) is 29.8 Å². The molecule has 4 nitrogen and oxygen atoms in total. The van der Waals surface area contributed by atoms with E-state index in [1.54, 1.807) is 0 Å². The van der Waals surface area contributed by atoms with Crippen molar-refractivity contribution >= 4 is 18.3 Å². The number of hydrogen-bond acceptors (Lipinski definition) is 3. The Bertz CT molecular complexity index is 568. The molecular weight excluding hydrogens is 312 g/mol. The van der Waals surface area contributed by atoms with Crippen LogP contribution in [0.5, 0.6) is 0 Å². The summed E-state index contributed by atoms with van der Waals surface area (Å²) in [6.45, 7) is 5.68. The number of halogens is 1. The van der Waals surface area contributed by atoms with Gasteiger partial charge in [0.05, 0.1) is 11.6 Å². The summed E-state index contributed by atoms with van der Waals surface area (Å²) in [5.41, 5.74) is 8.26. The van der Waals surface area contributed by atoms with Gasteiger partial charge in [-0.05, 0) is 42.2 Å². The van der Waals surface area contributed by atoms with Crippen molar-refractivity contribution in [3.8, 4) is 0 Å². The summed E-state index contributed by atoms with van der Waals surface area (Å²) >= 11 is 0. The summed E-state index contributed by atoms with van der Waals surface area (Å²) in [6, 6.07) is 8.51. The first-order valence-corrected chi connectivity index (χ1v) is 8.19. The number of carbonyl (C=O) groups is 1. The molecule has 128 valence electrons. The zero-order valence-corrected chi connectivity index (χ0v) is 14.7. The Morgan fingerprint density at radius 2 is 1.87 bits per heavy atom. The molecule has 1 fully saturated rings. The van der Waals surface area contributed by atoms with Gasteiger partial charge in [0.2, 0.25) is 5.91 Å². The maximum Gasteiger partial charge on any atom is 0.240 e. The van der Waals surface area contributed by atoms with Crippen molar-refractivity contribution in [2.75, 3.05) is 13.2 Å². The Kier molecular flexibility index (Phi) is 5.39. The lowest BCUT2D eigenvalue weighted by atomic mass is 9.71. The lowest BCUT2D eigenvalue weighted by Crippen LogP contribution is -2.57. The largest absolute Gasteiger partial charge is 0.381 e. The van der Waals surface area contributed by atoms with Gasteiger partial charge < -0.3 is 15.8 Å². The topological polar surface area (TPSA) is 64.4 Å². The van der Waals surface area contributed by atoms with Gasteiger partial charge in [0, 0.05) is 13.2 Å². The SMILES string of the molecule is CC1(C)CCC(NC(=O)C2(N)CCOCC2)c2ccccc21.Cl. The van der Waals surface area contributed by atoms with Crippen molar-refractivity contribution in [2.45, 2.75) is 56.5 Å². The number of fused-ring (bicyclic) bond motifs is 1. The summed E-state index contributed by atoms with van der Waals surface area (Å²) in [6.07, 6.45) is 3.22. The first kappa shape index (κ1) is 18.2. The molecule has 23 heavy (non-hydrogen) atoms. The van der Waals surface area contributed by atoms with Crippen molar-refractivity contribution in [1.29, 1.82) is 0 Å². The van der Waals surface area contributed by atoms with Gasteiger partial charge in [0.1, 0.15) is 0 Å². The molecule has 1 unspecified atom stereocenters. The summed E-state index contributed by atoms with van der Waals surface area (Å²) in [4.78, 5) is 12.7. The molecule has 3 rings (SSSR count). The summed E-state index contributed by atoms with van der Waals surface area (Å²) < 4.78 is 5.33. The van der Waals surface area contributed by atoms with Gasteiger partial charge in [-0.1, -0.05) is 38.1 Å². The average molecular weight is 339 g/mol. The van der Waals surface area contributed by atoms with Crippen LogP contribution < -0.4 is 11.1 Å². The highest BCUT2D eigenvalue weighted by atomic mass is 35.5. The highest BCUT2D eigenvalue weighted by Gasteiger charge is 2.39. The summed E-state index contributed by atoms with van der Waals surface area (Å²) in [5, 5.41) is 3.20. The van der Waals surface area contributed by atoms with Crippen LogP contribution in [0.2, 0.25) is 0 Å². The van der Waals surface area contributed by atoms with Crippen molar-refractivity contribution in [2.24, 2.45) is 5.73 Å². The monoisotopic (exact) mass is 338 g/mol. The van der Waals surface area contributed by atoms with Crippen molar-refractivity contribution in [3.63, 3.8) is 0 Å². The van der Waals surface area contributed by atoms with Crippen LogP contribution in [0.15, 0.2) is 24.3 Å². The predicted molar refractivity (Wildman–Crippen MR) is 93.8 cm³/mol. The molecular formula is C18H27ClN2O2. The highest BCUT2D eigenvalue weighted by molar-refractivity contribution is 5.86. The first-order valence-electron chi connectivity index (χ1n) is 8.19. The maximum absolute atomic E-state index is 12.7. The molecule has 0 bridgehead atoms. The van der Waals surface area contributed by atoms with Crippen LogP contribution in [0.4, 0.5) is 0 Å². The molecule has 1 aromatic carbocycles. The Labute approximate surface area is 144 Å². The quantitative estimate of drug-likeness (QED) is 0.871. The number of ether oxygens (including phenoxy) is 1. The predicted octanol–water partition coefficient (Wildman–Crippen LogP) is 2.85. The number of nitrogens with one attached hydrogen (secondary N) is 1. The first-order chi connectivity index (χ1) is 10.4. The molecule has 1 saturated heterocycles. The molecule has 0 radical (unpaired) electrons. The second-order valence-corrected chi connectivity index (χ2v) is 7.30. The van der Waals surface area contributed by atoms with Gasteiger partial charge in [0.25, 0.3) is 0 Å². The Morgan fingerprint density at radius 1 is 1.22 bits per heavy atom. The minimum atomic E-state index is -0.778. The smallest absolute Gasteiger partial charge is 0.240 e. The lowest BCUT2D eigenvalue weighted by Gasteiger charge is -2.39. The molecule has 1 atom stereocenters. The minimum Gasteiger partial charge on any atom is -0.381 e. The fourth-order valence-corrected chi connectivity index (χ4v) is 3.63. The molecule has 1 amide bonds. The molecule has 1 aliphatic heterocycles. The number of nitrogens with two attached hydrogens (primary N) is 1. The molecule has 1 heterocycles. The van der Waals surface area contributed by atoms with E-state index in [4.69, 9.17) is 10.5 Å². The Hall–Kier alpha value is -1.10. The van der Waals surface area contributed by atoms with E-state index in [1.807, 2.05) is 6.07 Å². The number of benzene rings is 1. The molecule has 0 spiro atoms. The van der Waals surface area contributed by atoms with Gasteiger partial charge in [-0.15, -0.1) is 12.4 Å². The van der Waals surface area contributed by atoms with Gasteiger partial charge in [-0.25, -0.2) is 0 Å². The fraction of sp³-hybridized carbons (Fsp3) is 0.611. The van der Waals surface area contributed by atoms with Crippen molar-refractivity contribution in [3.05, 3.63) is 35.4 Å². The third-order valence-corrected chi connectivity index (χ3v) is 5.27. The summed E-state index contributed by atoms with van der Waals surface area (Å²) in [5.74, 6) is -0.0321. The third-order valence-electron chi connectivity index (χ3n) is 5.27. The minimum absolute atomic E-state index is 0. The maximum atomic E-state index is 12.7. The molecule has 1 aliphatic carbocycles. The lowest BCUT2D eigenvalue weighted by molar-refractivity contribution is -0.130. The van der Waals surface area contributed by atoms with Gasteiger partial charge in [0.15, 0.2) is 0 Å². The van der Waals surface area contributed by atoms with E-state index in [0.29, 0.717) is 26.1 Å². The third kappa shape index (κ3) is 3.54. The van der Waals surface area contributed by atoms with Gasteiger partial charge in [-0.3, -0.25) is 4.79 Å². The van der Waals surface area contributed by atoms with E-state index in [1.165, 1.54) is 11.1 Å². The van der Waals surface area contributed by atoms with Crippen LogP contribution in [-0.2, 0) is 14.9 Å². The number of carbonyl (C=O) groups excluding carboxylic acids is 1. The number of amides is 1. The normalized spacial score (nSPS) is 24.9. The van der Waals surface area contributed by atoms with Crippen LogP contribution in [-0.4, -0.2) is 24.7 Å². The summed E-state index contributed by atoms with van der Waals surface area (Å²) in [7, 11) is 0. The molecule has 2 aliphatic rings. The van der Waals surface area contributed by atoms with E-state index < -0.39 is 5.54 Å². The molecule has 5 heteroatoms. The second kappa shape index (κ2) is 6.80. The van der Waals surface area contributed by atoms with Gasteiger partial charge >= 0.3 is 0 Å². The highest BCUT2D eigenvalue weighted by Crippen LogP contribution is 2.41. The molecule has 3 N–H and O–H groups in total. The number of hydrogen-bond donors (Lipinski definition) is 2. The van der Waals surface area contributed by atoms with Crippen LogP contribution in [0.25, 0.3) is 0 Å². The van der Waals surface area contributed by atoms with Crippen molar-refractivity contribution < 1.29 is 9.53 Å². The Balaban J connectivity index is 0.00000192. The van der Waals surface area contributed by atoms with Crippen molar-refractivity contribution in [1.82, 2.24) is 5.32 Å². The van der Waals surface area contributed by atoms with Gasteiger partial charge in [-0.2, -0.15) is 0 Å². The Morgan fingerprint density at radius 3 is 2.57 bits per heavy atom. The van der Waals surface area contributed by atoms with E-state index in [0.717, 1.165) is 12.8 Å².